The molecular formula is C22H22N2O5. The van der Waals surface area contributed by atoms with Gasteiger partial charge in [-0.1, -0.05) is 0 Å². The number of carbonyl (C=O) groups is 2. The van der Waals surface area contributed by atoms with E-state index in [1.165, 1.54) is 0 Å². The van der Waals surface area contributed by atoms with Crippen LogP contribution in [0.25, 0.3) is 11.0 Å². The lowest BCUT2D eigenvalue weighted by molar-refractivity contribution is -0.137. The number of hydrogen-bond acceptors (Lipinski definition) is 5. The number of fused-ring (bicyclic) bond motifs is 1. The highest BCUT2D eigenvalue weighted by Gasteiger charge is 2.17. The van der Waals surface area contributed by atoms with Crippen LogP contribution in [0.4, 0.5) is 5.69 Å². The standard InChI is InChI=1S/C22H22N2O5/c1-15-12-17-13-16(2-7-20(17)29-15)22(26)23-18-3-5-19(6-4-18)28-14-21(25)24-8-10-27-11-9-24/h2-7,12-13H,8-11,14H2,1H3,(H,23,26). The van der Waals surface area contributed by atoms with Crippen LogP contribution in [0.1, 0.15) is 16.1 Å². The van der Waals surface area contributed by atoms with Crippen LogP contribution in [0.3, 0.4) is 0 Å². The zero-order valence-electron chi connectivity index (χ0n) is 16.1. The molecule has 0 atom stereocenters. The number of rotatable bonds is 5. The highest BCUT2D eigenvalue weighted by Crippen LogP contribution is 2.21. The highest BCUT2D eigenvalue weighted by atomic mass is 16.5. The second-order valence-electron chi connectivity index (χ2n) is 6.87. The van der Waals surface area contributed by atoms with Crippen LogP contribution in [0, 0.1) is 6.92 Å². The first kappa shape index (κ1) is 19.0. The summed E-state index contributed by atoms with van der Waals surface area (Å²) < 4.78 is 16.3. The Hall–Kier alpha value is -3.32. The van der Waals surface area contributed by atoms with E-state index < -0.39 is 0 Å². The van der Waals surface area contributed by atoms with E-state index in [1.54, 1.807) is 47.4 Å². The fraction of sp³-hybridized carbons (Fsp3) is 0.273. The highest BCUT2D eigenvalue weighted by molar-refractivity contribution is 6.06. The van der Waals surface area contributed by atoms with Crippen molar-refractivity contribution in [2.24, 2.45) is 0 Å². The Balaban J connectivity index is 1.33. The molecule has 2 aromatic carbocycles. The Labute approximate surface area is 168 Å². The van der Waals surface area contributed by atoms with Crippen molar-refractivity contribution in [1.29, 1.82) is 0 Å². The quantitative estimate of drug-likeness (QED) is 0.719. The van der Waals surface area contributed by atoms with E-state index in [1.807, 2.05) is 13.0 Å². The molecule has 0 aliphatic carbocycles. The fourth-order valence-corrected chi connectivity index (χ4v) is 3.20. The van der Waals surface area contributed by atoms with Gasteiger partial charge in [-0.15, -0.1) is 0 Å². The second-order valence-corrected chi connectivity index (χ2v) is 6.87. The van der Waals surface area contributed by atoms with E-state index in [-0.39, 0.29) is 18.4 Å². The summed E-state index contributed by atoms with van der Waals surface area (Å²) in [6.07, 6.45) is 0. The molecule has 1 fully saturated rings. The molecule has 3 aromatic rings. The zero-order chi connectivity index (χ0) is 20.2. The number of benzene rings is 2. The predicted octanol–water partition coefficient (Wildman–Crippen LogP) is 3.23. The van der Waals surface area contributed by atoms with Gasteiger partial charge in [-0.2, -0.15) is 0 Å². The number of carbonyl (C=O) groups excluding carboxylic acids is 2. The van der Waals surface area contributed by atoms with Crippen LogP contribution in [0.2, 0.25) is 0 Å². The third-order valence-corrected chi connectivity index (χ3v) is 4.74. The summed E-state index contributed by atoms with van der Waals surface area (Å²) in [6, 6.07) is 14.2. The van der Waals surface area contributed by atoms with Crippen LogP contribution >= 0.6 is 0 Å². The van der Waals surface area contributed by atoms with Gasteiger partial charge in [0.25, 0.3) is 11.8 Å². The van der Waals surface area contributed by atoms with E-state index in [0.717, 1.165) is 16.7 Å². The molecule has 29 heavy (non-hydrogen) atoms. The lowest BCUT2D eigenvalue weighted by Crippen LogP contribution is -2.42. The van der Waals surface area contributed by atoms with E-state index in [4.69, 9.17) is 13.9 Å². The molecule has 7 nitrogen and oxygen atoms in total. The summed E-state index contributed by atoms with van der Waals surface area (Å²) in [5, 5.41) is 3.75. The summed E-state index contributed by atoms with van der Waals surface area (Å²) in [7, 11) is 0. The molecule has 0 saturated carbocycles. The van der Waals surface area contributed by atoms with Crippen molar-refractivity contribution < 1.29 is 23.5 Å². The van der Waals surface area contributed by atoms with Crippen LogP contribution in [-0.2, 0) is 9.53 Å². The molecule has 0 bridgehead atoms. The van der Waals surface area contributed by atoms with Crippen LogP contribution in [0.5, 0.6) is 5.75 Å². The molecular weight excluding hydrogens is 372 g/mol. The minimum Gasteiger partial charge on any atom is -0.484 e. The normalized spacial score (nSPS) is 14.0. The topological polar surface area (TPSA) is 81.0 Å². The number of nitrogens with zero attached hydrogens (tertiary/aromatic N) is 1. The lowest BCUT2D eigenvalue weighted by atomic mass is 10.1. The number of furan rings is 1. The Bertz CT molecular complexity index is 1020. The van der Waals surface area contributed by atoms with Crippen LogP contribution in [-0.4, -0.2) is 49.6 Å². The number of amides is 2. The maximum absolute atomic E-state index is 12.5. The van der Waals surface area contributed by atoms with Crippen molar-refractivity contribution in [2.75, 3.05) is 38.2 Å². The van der Waals surface area contributed by atoms with Crippen LogP contribution < -0.4 is 10.1 Å². The van der Waals surface area contributed by atoms with Crippen molar-refractivity contribution in [1.82, 2.24) is 4.90 Å². The van der Waals surface area contributed by atoms with Gasteiger partial charge in [0.1, 0.15) is 17.1 Å². The number of aryl methyl sites for hydroxylation is 1. The third kappa shape index (κ3) is 4.57. The molecule has 1 N–H and O–H groups in total. The molecule has 1 aliphatic rings. The van der Waals surface area contributed by atoms with Gasteiger partial charge in [0.15, 0.2) is 6.61 Å². The summed E-state index contributed by atoms with van der Waals surface area (Å²) in [5.41, 5.74) is 1.95. The second kappa shape index (κ2) is 8.36. The van der Waals surface area contributed by atoms with Gasteiger partial charge < -0.3 is 24.1 Å². The number of nitrogens with one attached hydrogen (secondary N) is 1. The maximum atomic E-state index is 12.5. The molecule has 0 radical (unpaired) electrons. The summed E-state index contributed by atoms with van der Waals surface area (Å²) in [6.45, 7) is 4.17. The first-order chi connectivity index (χ1) is 14.1. The number of hydrogen-bond donors (Lipinski definition) is 1. The first-order valence-electron chi connectivity index (χ1n) is 9.48. The first-order valence-corrected chi connectivity index (χ1v) is 9.48. The van der Waals surface area contributed by atoms with Gasteiger partial charge in [-0.25, -0.2) is 0 Å². The van der Waals surface area contributed by atoms with Gasteiger partial charge in [-0.05, 0) is 55.5 Å². The largest absolute Gasteiger partial charge is 0.484 e. The van der Waals surface area contributed by atoms with E-state index in [9.17, 15) is 9.59 Å². The summed E-state index contributed by atoms with van der Waals surface area (Å²) >= 11 is 0. The van der Waals surface area contributed by atoms with Gasteiger partial charge in [-0.3, -0.25) is 9.59 Å². The molecule has 4 rings (SSSR count). The van der Waals surface area contributed by atoms with Gasteiger partial charge >= 0.3 is 0 Å². The Kier molecular flexibility index (Phi) is 5.48. The van der Waals surface area contributed by atoms with Crippen molar-refractivity contribution in [3.05, 3.63) is 59.9 Å². The molecule has 1 aromatic heterocycles. The Morgan fingerprint density at radius 2 is 1.83 bits per heavy atom. The van der Waals surface area contributed by atoms with Crippen molar-refractivity contribution in [2.45, 2.75) is 6.92 Å². The smallest absolute Gasteiger partial charge is 0.260 e. The minimum atomic E-state index is -0.207. The molecule has 150 valence electrons. The molecule has 1 aliphatic heterocycles. The summed E-state index contributed by atoms with van der Waals surface area (Å²) in [5.74, 6) is 1.11. The van der Waals surface area contributed by atoms with E-state index >= 15 is 0 Å². The minimum absolute atomic E-state index is 0.0180. The molecule has 2 amide bonds. The molecule has 2 heterocycles. The molecule has 0 unspecified atom stereocenters. The maximum Gasteiger partial charge on any atom is 0.260 e. The molecule has 0 spiro atoms. The van der Waals surface area contributed by atoms with E-state index in [0.29, 0.717) is 43.3 Å². The average Bonchev–Trinajstić information content (AvgIpc) is 3.12. The predicted molar refractivity (Wildman–Crippen MR) is 108 cm³/mol. The Morgan fingerprint density at radius 3 is 2.59 bits per heavy atom. The van der Waals surface area contributed by atoms with Crippen molar-refractivity contribution >= 4 is 28.5 Å². The lowest BCUT2D eigenvalue weighted by Gasteiger charge is -2.26. The van der Waals surface area contributed by atoms with Gasteiger partial charge in [0, 0.05) is 29.7 Å². The number of ether oxygens (including phenoxy) is 2. The fourth-order valence-electron chi connectivity index (χ4n) is 3.20. The summed E-state index contributed by atoms with van der Waals surface area (Å²) in [4.78, 5) is 26.4. The molecule has 7 heteroatoms. The number of anilines is 1. The Morgan fingerprint density at radius 1 is 1.07 bits per heavy atom. The molecule has 1 saturated heterocycles. The third-order valence-electron chi connectivity index (χ3n) is 4.74. The van der Waals surface area contributed by atoms with Crippen molar-refractivity contribution in [3.63, 3.8) is 0 Å². The average molecular weight is 394 g/mol. The van der Waals surface area contributed by atoms with Crippen LogP contribution in [0.15, 0.2) is 52.9 Å². The van der Waals surface area contributed by atoms with Gasteiger partial charge in [0.05, 0.1) is 13.2 Å². The van der Waals surface area contributed by atoms with Crippen molar-refractivity contribution in [3.8, 4) is 5.75 Å². The number of morpholine rings is 1. The zero-order valence-corrected chi connectivity index (χ0v) is 16.1. The SMILES string of the molecule is Cc1cc2cc(C(=O)Nc3ccc(OCC(=O)N4CCOCC4)cc3)ccc2o1. The van der Waals surface area contributed by atoms with E-state index in [2.05, 4.69) is 5.32 Å². The monoisotopic (exact) mass is 394 g/mol. The van der Waals surface area contributed by atoms with Gasteiger partial charge in [0.2, 0.25) is 0 Å².